The van der Waals surface area contributed by atoms with E-state index in [9.17, 15) is 14.4 Å². The first-order chi connectivity index (χ1) is 12.9. The second-order valence-corrected chi connectivity index (χ2v) is 6.28. The van der Waals surface area contributed by atoms with Crippen LogP contribution >= 0.6 is 11.8 Å². The van der Waals surface area contributed by atoms with E-state index < -0.39 is 30.4 Å². The highest BCUT2D eigenvalue weighted by Crippen LogP contribution is 2.38. The minimum Gasteiger partial charge on any atom is -0.493 e. The van der Waals surface area contributed by atoms with E-state index in [1.54, 1.807) is 0 Å². The molecule has 9 nitrogen and oxygen atoms in total. The van der Waals surface area contributed by atoms with Crippen LogP contribution in [0.25, 0.3) is 0 Å². The first-order valence-corrected chi connectivity index (χ1v) is 9.32. The highest BCUT2D eigenvalue weighted by molar-refractivity contribution is 7.98. The van der Waals surface area contributed by atoms with Gasteiger partial charge in [0.25, 0.3) is 11.8 Å². The van der Waals surface area contributed by atoms with Gasteiger partial charge in [0.05, 0.1) is 21.3 Å². The standard InChI is InChI=1S/C17H24N2O7S/c1-23-12-7-10(8-13(24-2)15(12)25-3)16(21)19-11(5-6-27-4)17(22)26-9-14(18)20/h7-8,11H,5-6,9H2,1-4H3,(H2,18,20)(H,19,21)/t11-/m0/s1. The molecule has 27 heavy (non-hydrogen) atoms. The number of carbonyl (C=O) groups is 3. The lowest BCUT2D eigenvalue weighted by molar-refractivity contribution is -0.149. The molecule has 1 aromatic carbocycles. The number of rotatable bonds is 11. The summed E-state index contributed by atoms with van der Waals surface area (Å²) in [6, 6.07) is 2.01. The van der Waals surface area contributed by atoms with Crippen LogP contribution in [0.5, 0.6) is 17.2 Å². The molecule has 0 bridgehead atoms. The van der Waals surface area contributed by atoms with Crippen molar-refractivity contribution in [1.82, 2.24) is 5.32 Å². The number of carbonyl (C=O) groups excluding carboxylic acids is 3. The summed E-state index contributed by atoms with van der Waals surface area (Å²) in [5, 5.41) is 2.60. The number of nitrogens with one attached hydrogen (secondary N) is 1. The maximum atomic E-state index is 12.6. The molecule has 0 aliphatic heterocycles. The molecular formula is C17H24N2O7S. The zero-order chi connectivity index (χ0) is 20.4. The number of ether oxygens (including phenoxy) is 4. The average Bonchev–Trinajstić information content (AvgIpc) is 2.67. The molecular weight excluding hydrogens is 376 g/mol. The molecule has 0 fully saturated rings. The van der Waals surface area contributed by atoms with Crippen molar-refractivity contribution in [2.75, 3.05) is 39.9 Å². The molecule has 0 aliphatic rings. The van der Waals surface area contributed by atoms with Crippen LogP contribution in [0.2, 0.25) is 0 Å². The van der Waals surface area contributed by atoms with E-state index >= 15 is 0 Å². The van der Waals surface area contributed by atoms with Crippen LogP contribution in [0.1, 0.15) is 16.8 Å². The van der Waals surface area contributed by atoms with Crippen molar-refractivity contribution < 1.29 is 33.3 Å². The van der Waals surface area contributed by atoms with Crippen LogP contribution < -0.4 is 25.3 Å². The molecule has 150 valence electrons. The molecule has 0 radical (unpaired) electrons. The SMILES string of the molecule is COc1cc(C(=O)N[C@@H](CCSC)C(=O)OCC(N)=O)cc(OC)c1OC. The third kappa shape index (κ3) is 6.55. The first kappa shape index (κ1) is 22.4. The molecule has 0 spiro atoms. The summed E-state index contributed by atoms with van der Waals surface area (Å²) >= 11 is 1.50. The van der Waals surface area contributed by atoms with Crippen molar-refractivity contribution in [2.45, 2.75) is 12.5 Å². The molecule has 2 amide bonds. The van der Waals surface area contributed by atoms with E-state index in [-0.39, 0.29) is 5.56 Å². The van der Waals surface area contributed by atoms with Crippen LogP contribution in [0.3, 0.4) is 0 Å². The summed E-state index contributed by atoms with van der Waals surface area (Å²) < 4.78 is 20.5. The summed E-state index contributed by atoms with van der Waals surface area (Å²) in [5.74, 6) is -0.483. The first-order valence-electron chi connectivity index (χ1n) is 7.92. The second kappa shape index (κ2) is 11.2. The van der Waals surface area contributed by atoms with E-state index in [1.807, 2.05) is 6.26 Å². The van der Waals surface area contributed by atoms with Crippen molar-refractivity contribution in [1.29, 1.82) is 0 Å². The van der Waals surface area contributed by atoms with Gasteiger partial charge in [-0.3, -0.25) is 9.59 Å². The van der Waals surface area contributed by atoms with E-state index in [0.29, 0.717) is 29.4 Å². The Bertz CT molecular complexity index is 656. The summed E-state index contributed by atoms with van der Waals surface area (Å²) in [6.07, 6.45) is 2.20. The quantitative estimate of drug-likeness (QED) is 0.517. The number of methoxy groups -OCH3 is 3. The highest BCUT2D eigenvalue weighted by atomic mass is 32.2. The predicted octanol–water partition coefficient (Wildman–Crippen LogP) is 0.592. The minimum atomic E-state index is -0.927. The molecule has 1 atom stereocenters. The molecule has 1 aromatic rings. The van der Waals surface area contributed by atoms with Crippen LogP contribution in [0.4, 0.5) is 0 Å². The highest BCUT2D eigenvalue weighted by Gasteiger charge is 2.24. The summed E-state index contributed by atoms with van der Waals surface area (Å²) in [4.78, 5) is 35.6. The third-order valence-corrected chi connectivity index (χ3v) is 4.13. The molecule has 10 heteroatoms. The summed E-state index contributed by atoms with van der Waals surface area (Å²) in [6.45, 7) is -0.547. The molecule has 1 rings (SSSR count). The number of thioether (sulfide) groups is 1. The van der Waals surface area contributed by atoms with E-state index in [2.05, 4.69) is 5.32 Å². The van der Waals surface area contributed by atoms with Gasteiger partial charge in [-0.1, -0.05) is 0 Å². The number of amides is 2. The Balaban J connectivity index is 3.03. The van der Waals surface area contributed by atoms with Crippen molar-refractivity contribution >= 4 is 29.5 Å². The van der Waals surface area contributed by atoms with Gasteiger partial charge >= 0.3 is 5.97 Å². The van der Waals surface area contributed by atoms with Gasteiger partial charge in [0, 0.05) is 5.56 Å². The van der Waals surface area contributed by atoms with Gasteiger partial charge < -0.3 is 30.0 Å². The maximum Gasteiger partial charge on any atom is 0.329 e. The largest absolute Gasteiger partial charge is 0.493 e. The van der Waals surface area contributed by atoms with Gasteiger partial charge in [0.1, 0.15) is 6.04 Å². The molecule has 0 aromatic heterocycles. The third-order valence-electron chi connectivity index (χ3n) is 3.48. The second-order valence-electron chi connectivity index (χ2n) is 5.30. The van der Waals surface area contributed by atoms with Crippen LogP contribution in [0, 0.1) is 0 Å². The van der Waals surface area contributed by atoms with Crippen molar-refractivity contribution in [2.24, 2.45) is 5.73 Å². The number of benzene rings is 1. The Hall–Kier alpha value is -2.62. The zero-order valence-electron chi connectivity index (χ0n) is 15.7. The monoisotopic (exact) mass is 400 g/mol. The van der Waals surface area contributed by atoms with E-state index in [0.717, 1.165) is 0 Å². The average molecular weight is 400 g/mol. The number of nitrogens with two attached hydrogens (primary N) is 1. The van der Waals surface area contributed by atoms with Crippen molar-refractivity contribution in [3.05, 3.63) is 17.7 Å². The van der Waals surface area contributed by atoms with Gasteiger partial charge in [0.2, 0.25) is 5.75 Å². The summed E-state index contributed by atoms with van der Waals surface area (Å²) in [5.41, 5.74) is 5.19. The minimum absolute atomic E-state index is 0.210. The normalized spacial score (nSPS) is 11.3. The topological polar surface area (TPSA) is 126 Å². The lowest BCUT2D eigenvalue weighted by Gasteiger charge is -2.18. The zero-order valence-corrected chi connectivity index (χ0v) is 16.5. The smallest absolute Gasteiger partial charge is 0.329 e. The molecule has 0 heterocycles. The Morgan fingerprint density at radius 2 is 1.70 bits per heavy atom. The lowest BCUT2D eigenvalue weighted by atomic mass is 10.1. The Kier molecular flexibility index (Phi) is 9.27. The van der Waals surface area contributed by atoms with Crippen LogP contribution in [0.15, 0.2) is 12.1 Å². The van der Waals surface area contributed by atoms with Crippen molar-refractivity contribution in [3.8, 4) is 17.2 Å². The fourth-order valence-corrected chi connectivity index (χ4v) is 2.65. The van der Waals surface area contributed by atoms with E-state index in [1.165, 1.54) is 45.2 Å². The molecule has 0 unspecified atom stereocenters. The Morgan fingerprint density at radius 1 is 1.11 bits per heavy atom. The summed E-state index contributed by atoms with van der Waals surface area (Å²) in [7, 11) is 4.32. The van der Waals surface area contributed by atoms with Gasteiger partial charge in [-0.25, -0.2) is 4.79 Å². The van der Waals surface area contributed by atoms with Gasteiger partial charge in [0.15, 0.2) is 18.1 Å². The van der Waals surface area contributed by atoms with Crippen LogP contribution in [-0.2, 0) is 14.3 Å². The predicted molar refractivity (Wildman–Crippen MR) is 101 cm³/mol. The van der Waals surface area contributed by atoms with Gasteiger partial charge in [-0.2, -0.15) is 11.8 Å². The van der Waals surface area contributed by atoms with E-state index in [4.69, 9.17) is 24.7 Å². The maximum absolute atomic E-state index is 12.6. The fourth-order valence-electron chi connectivity index (χ4n) is 2.18. The molecule has 0 saturated heterocycles. The van der Waals surface area contributed by atoms with Crippen molar-refractivity contribution in [3.63, 3.8) is 0 Å². The molecule has 3 N–H and O–H groups in total. The number of hydrogen-bond donors (Lipinski definition) is 2. The van der Waals surface area contributed by atoms with Crippen LogP contribution in [-0.4, -0.2) is 63.8 Å². The van der Waals surface area contributed by atoms with Gasteiger partial charge in [-0.05, 0) is 30.6 Å². The lowest BCUT2D eigenvalue weighted by Crippen LogP contribution is -2.43. The Morgan fingerprint density at radius 3 is 2.15 bits per heavy atom. The molecule has 0 aliphatic carbocycles. The number of primary amides is 1. The van der Waals surface area contributed by atoms with Gasteiger partial charge in [-0.15, -0.1) is 0 Å². The fraction of sp³-hybridized carbons (Fsp3) is 0.471. The Labute approximate surface area is 161 Å². The molecule has 0 saturated carbocycles. The number of esters is 1. The number of hydrogen-bond acceptors (Lipinski definition) is 8.